The van der Waals surface area contributed by atoms with Crippen molar-refractivity contribution in [1.29, 1.82) is 0 Å². The zero-order chi connectivity index (χ0) is 13.7. The standard InChI is InChI=1S/C12H21N5O2/c1-3-13-8-11-9-17(15-14-11)10(2)12(18)16-4-6-19-7-5-16/h9-10,13H,3-8H2,1-2H3. The molecule has 1 aromatic heterocycles. The van der Waals surface area contributed by atoms with Gasteiger partial charge in [0.15, 0.2) is 0 Å². The van der Waals surface area contributed by atoms with E-state index in [1.165, 1.54) is 0 Å². The molecular weight excluding hydrogens is 246 g/mol. The first kappa shape index (κ1) is 14.0. The van der Waals surface area contributed by atoms with Crippen LogP contribution in [-0.4, -0.2) is 58.6 Å². The maximum atomic E-state index is 12.3. The van der Waals surface area contributed by atoms with E-state index in [9.17, 15) is 4.79 Å². The quantitative estimate of drug-likeness (QED) is 0.800. The lowest BCUT2D eigenvalue weighted by atomic mass is 10.2. The van der Waals surface area contributed by atoms with Gasteiger partial charge >= 0.3 is 0 Å². The Bertz CT molecular complexity index is 414. The summed E-state index contributed by atoms with van der Waals surface area (Å²) in [6.45, 7) is 7.98. The molecule has 7 nitrogen and oxygen atoms in total. The number of ether oxygens (including phenoxy) is 1. The zero-order valence-corrected chi connectivity index (χ0v) is 11.5. The number of nitrogens with zero attached hydrogens (tertiary/aromatic N) is 4. The molecule has 0 radical (unpaired) electrons. The molecule has 0 bridgehead atoms. The van der Waals surface area contributed by atoms with E-state index in [0.717, 1.165) is 12.2 Å². The number of aromatic nitrogens is 3. The fourth-order valence-corrected chi connectivity index (χ4v) is 2.00. The highest BCUT2D eigenvalue weighted by molar-refractivity contribution is 5.80. The summed E-state index contributed by atoms with van der Waals surface area (Å²) in [4.78, 5) is 14.1. The summed E-state index contributed by atoms with van der Waals surface area (Å²) in [7, 11) is 0. The molecule has 0 saturated carbocycles. The van der Waals surface area contributed by atoms with Crippen molar-refractivity contribution in [3.8, 4) is 0 Å². The first-order valence-corrected chi connectivity index (χ1v) is 6.70. The van der Waals surface area contributed by atoms with Crippen LogP contribution in [0.5, 0.6) is 0 Å². The minimum absolute atomic E-state index is 0.0724. The molecule has 1 aromatic rings. The van der Waals surface area contributed by atoms with Crippen LogP contribution in [0.15, 0.2) is 6.20 Å². The number of nitrogens with one attached hydrogen (secondary N) is 1. The van der Waals surface area contributed by atoms with Gasteiger partial charge in [-0.15, -0.1) is 5.10 Å². The van der Waals surface area contributed by atoms with Gasteiger partial charge in [-0.1, -0.05) is 12.1 Å². The van der Waals surface area contributed by atoms with Crippen molar-refractivity contribution in [2.75, 3.05) is 32.8 Å². The number of morpholine rings is 1. The molecule has 0 aromatic carbocycles. The average molecular weight is 267 g/mol. The smallest absolute Gasteiger partial charge is 0.247 e. The molecule has 1 saturated heterocycles. The summed E-state index contributed by atoms with van der Waals surface area (Å²) >= 11 is 0. The van der Waals surface area contributed by atoms with Crippen molar-refractivity contribution < 1.29 is 9.53 Å². The Labute approximate surface area is 112 Å². The van der Waals surface area contributed by atoms with Gasteiger partial charge in [-0.25, -0.2) is 4.68 Å². The maximum Gasteiger partial charge on any atom is 0.247 e. The normalized spacial score (nSPS) is 17.5. The molecule has 0 aliphatic carbocycles. The van der Waals surface area contributed by atoms with Crippen LogP contribution in [0.3, 0.4) is 0 Å². The van der Waals surface area contributed by atoms with E-state index in [4.69, 9.17) is 4.74 Å². The molecule has 2 heterocycles. The molecule has 1 fully saturated rings. The lowest BCUT2D eigenvalue weighted by molar-refractivity contribution is -0.138. The second-order valence-electron chi connectivity index (χ2n) is 4.58. The van der Waals surface area contributed by atoms with Crippen molar-refractivity contribution in [2.45, 2.75) is 26.4 Å². The Balaban J connectivity index is 1.95. The SMILES string of the molecule is CCNCc1cn(C(C)C(=O)N2CCOCC2)nn1. The molecule has 0 spiro atoms. The van der Waals surface area contributed by atoms with Gasteiger partial charge in [0, 0.05) is 19.6 Å². The first-order chi connectivity index (χ1) is 9.22. The van der Waals surface area contributed by atoms with Gasteiger partial charge in [-0.05, 0) is 13.5 Å². The van der Waals surface area contributed by atoms with Crippen LogP contribution in [0.1, 0.15) is 25.6 Å². The Morgan fingerprint density at radius 1 is 1.53 bits per heavy atom. The van der Waals surface area contributed by atoms with Gasteiger partial charge in [-0.2, -0.15) is 0 Å². The van der Waals surface area contributed by atoms with E-state index in [0.29, 0.717) is 32.8 Å². The van der Waals surface area contributed by atoms with Gasteiger partial charge in [0.25, 0.3) is 0 Å². The van der Waals surface area contributed by atoms with Crippen molar-refractivity contribution >= 4 is 5.91 Å². The topological polar surface area (TPSA) is 72.3 Å². The third-order valence-corrected chi connectivity index (χ3v) is 3.19. The molecule has 1 N–H and O–H groups in total. The van der Waals surface area contributed by atoms with E-state index in [1.54, 1.807) is 4.68 Å². The molecule has 106 valence electrons. The van der Waals surface area contributed by atoms with Crippen LogP contribution >= 0.6 is 0 Å². The van der Waals surface area contributed by atoms with Gasteiger partial charge in [-0.3, -0.25) is 4.79 Å². The summed E-state index contributed by atoms with van der Waals surface area (Å²) in [5.41, 5.74) is 0.850. The van der Waals surface area contributed by atoms with Crippen molar-refractivity contribution in [2.24, 2.45) is 0 Å². The third-order valence-electron chi connectivity index (χ3n) is 3.19. The minimum atomic E-state index is -0.319. The Morgan fingerprint density at radius 3 is 2.95 bits per heavy atom. The Kier molecular flexibility index (Phi) is 4.86. The highest BCUT2D eigenvalue weighted by atomic mass is 16.5. The van der Waals surface area contributed by atoms with Crippen LogP contribution in [0.25, 0.3) is 0 Å². The molecule has 1 aliphatic rings. The fraction of sp³-hybridized carbons (Fsp3) is 0.750. The zero-order valence-electron chi connectivity index (χ0n) is 11.5. The van der Waals surface area contributed by atoms with Gasteiger partial charge < -0.3 is 15.0 Å². The van der Waals surface area contributed by atoms with E-state index in [2.05, 4.69) is 15.6 Å². The molecule has 1 aliphatic heterocycles. The minimum Gasteiger partial charge on any atom is -0.378 e. The summed E-state index contributed by atoms with van der Waals surface area (Å²) in [5.74, 6) is 0.0724. The first-order valence-electron chi connectivity index (χ1n) is 6.70. The van der Waals surface area contributed by atoms with E-state index >= 15 is 0 Å². The average Bonchev–Trinajstić information content (AvgIpc) is 2.93. The molecular formula is C12H21N5O2. The number of carbonyl (C=O) groups is 1. The highest BCUT2D eigenvalue weighted by Crippen LogP contribution is 2.10. The second-order valence-corrected chi connectivity index (χ2v) is 4.58. The number of rotatable bonds is 5. The monoisotopic (exact) mass is 267 g/mol. The van der Waals surface area contributed by atoms with Crippen LogP contribution in [0.4, 0.5) is 0 Å². The lowest BCUT2D eigenvalue weighted by Gasteiger charge is -2.29. The number of hydrogen-bond donors (Lipinski definition) is 1. The van der Waals surface area contributed by atoms with E-state index < -0.39 is 0 Å². The molecule has 2 rings (SSSR count). The number of carbonyl (C=O) groups excluding carboxylic acids is 1. The lowest BCUT2D eigenvalue weighted by Crippen LogP contribution is -2.43. The van der Waals surface area contributed by atoms with Crippen molar-refractivity contribution in [1.82, 2.24) is 25.2 Å². The fourth-order valence-electron chi connectivity index (χ4n) is 2.00. The Hall–Kier alpha value is -1.47. The number of hydrogen-bond acceptors (Lipinski definition) is 5. The van der Waals surface area contributed by atoms with E-state index in [1.807, 2.05) is 24.9 Å². The summed E-state index contributed by atoms with van der Waals surface area (Å²) in [5, 5.41) is 11.3. The molecule has 19 heavy (non-hydrogen) atoms. The van der Waals surface area contributed by atoms with Crippen LogP contribution in [-0.2, 0) is 16.1 Å². The Morgan fingerprint density at radius 2 is 2.26 bits per heavy atom. The largest absolute Gasteiger partial charge is 0.378 e. The van der Waals surface area contributed by atoms with Crippen molar-refractivity contribution in [3.63, 3.8) is 0 Å². The van der Waals surface area contributed by atoms with Gasteiger partial charge in [0.2, 0.25) is 5.91 Å². The van der Waals surface area contributed by atoms with Gasteiger partial charge in [0.05, 0.1) is 25.1 Å². The highest BCUT2D eigenvalue weighted by Gasteiger charge is 2.24. The molecule has 1 amide bonds. The predicted octanol–water partition coefficient (Wildman–Crippen LogP) is -0.193. The molecule has 7 heteroatoms. The van der Waals surface area contributed by atoms with Gasteiger partial charge in [0.1, 0.15) is 6.04 Å². The van der Waals surface area contributed by atoms with Crippen LogP contribution in [0.2, 0.25) is 0 Å². The van der Waals surface area contributed by atoms with E-state index in [-0.39, 0.29) is 11.9 Å². The maximum absolute atomic E-state index is 12.3. The summed E-state index contributed by atoms with van der Waals surface area (Å²) < 4.78 is 6.88. The third kappa shape index (κ3) is 3.51. The number of amides is 1. The summed E-state index contributed by atoms with van der Waals surface area (Å²) in [6.07, 6.45) is 1.83. The summed E-state index contributed by atoms with van der Waals surface area (Å²) in [6, 6.07) is -0.319. The molecule has 1 atom stereocenters. The predicted molar refractivity (Wildman–Crippen MR) is 69.5 cm³/mol. The van der Waals surface area contributed by atoms with Crippen LogP contribution < -0.4 is 5.32 Å². The van der Waals surface area contributed by atoms with Crippen LogP contribution in [0, 0.1) is 0 Å². The molecule has 1 unspecified atom stereocenters. The van der Waals surface area contributed by atoms with Crippen molar-refractivity contribution in [3.05, 3.63) is 11.9 Å². The second kappa shape index (κ2) is 6.63.